The first-order valence-corrected chi connectivity index (χ1v) is 14.4. The minimum atomic E-state index is -4.41. The Bertz CT molecular complexity index is 1660. The first-order chi connectivity index (χ1) is 20.8. The van der Waals surface area contributed by atoms with Crippen LogP contribution < -0.4 is 5.32 Å². The topological polar surface area (TPSA) is 32.3 Å². The summed E-state index contributed by atoms with van der Waals surface area (Å²) in [5, 5.41) is 3.01. The largest absolute Gasteiger partial charge is 0.416 e. The van der Waals surface area contributed by atoms with Gasteiger partial charge in [-0.15, -0.1) is 0 Å². The summed E-state index contributed by atoms with van der Waals surface area (Å²) in [5.74, 6) is -0.0336. The molecule has 43 heavy (non-hydrogen) atoms. The third kappa shape index (κ3) is 6.55. The van der Waals surface area contributed by atoms with Gasteiger partial charge in [-0.2, -0.15) is 13.2 Å². The molecule has 0 saturated carbocycles. The molecule has 5 aromatic rings. The van der Waals surface area contributed by atoms with E-state index in [-0.39, 0.29) is 11.8 Å². The quantitative estimate of drug-likeness (QED) is 0.210. The summed E-state index contributed by atoms with van der Waals surface area (Å²) < 4.78 is 39.1. The number of hydrogen-bond acceptors (Lipinski definition) is 2. The summed E-state index contributed by atoms with van der Waals surface area (Å²) in [5.41, 5.74) is 6.56. The summed E-state index contributed by atoms with van der Waals surface area (Å²) in [7, 11) is 0. The number of hydrogen-bond donors (Lipinski definition) is 1. The molecule has 6 heteroatoms. The number of amides is 1. The van der Waals surface area contributed by atoms with E-state index < -0.39 is 11.7 Å². The number of nitrogens with one attached hydrogen (secondary N) is 1. The van der Waals surface area contributed by atoms with Gasteiger partial charge in [-0.3, -0.25) is 9.69 Å². The molecule has 1 aliphatic rings. The van der Waals surface area contributed by atoms with E-state index in [9.17, 15) is 18.0 Å². The Balaban J connectivity index is 1.16. The first kappa shape index (κ1) is 28.4. The van der Waals surface area contributed by atoms with E-state index in [1.807, 2.05) is 24.3 Å². The lowest BCUT2D eigenvalue weighted by molar-refractivity contribution is -0.137. The second-order valence-corrected chi connectivity index (χ2v) is 10.9. The van der Waals surface area contributed by atoms with Gasteiger partial charge in [-0.1, -0.05) is 97.1 Å². The molecule has 0 aliphatic carbocycles. The molecule has 1 amide bonds. The van der Waals surface area contributed by atoms with Crippen molar-refractivity contribution >= 4 is 11.6 Å². The van der Waals surface area contributed by atoms with Crippen LogP contribution >= 0.6 is 0 Å². The molecule has 0 saturated heterocycles. The highest BCUT2D eigenvalue weighted by atomic mass is 19.4. The SMILES string of the molecule is O=C(Nc1ccc2c(c1)CCN(CC(c1ccccc1)c1ccccc1)C2)c1ccccc1-c1ccc(C(F)(F)F)cc1. The average Bonchev–Trinajstić information content (AvgIpc) is 3.04. The van der Waals surface area contributed by atoms with Crippen LogP contribution in [0.3, 0.4) is 0 Å². The highest BCUT2D eigenvalue weighted by molar-refractivity contribution is 6.08. The van der Waals surface area contributed by atoms with Crippen LogP contribution in [0.1, 0.15) is 44.1 Å². The van der Waals surface area contributed by atoms with E-state index in [0.29, 0.717) is 22.4 Å². The summed E-state index contributed by atoms with van der Waals surface area (Å²) in [4.78, 5) is 15.8. The summed E-state index contributed by atoms with van der Waals surface area (Å²) in [6.07, 6.45) is -3.54. The van der Waals surface area contributed by atoms with E-state index in [0.717, 1.165) is 38.2 Å². The van der Waals surface area contributed by atoms with Crippen LogP contribution in [0.5, 0.6) is 0 Å². The maximum absolute atomic E-state index is 13.3. The molecule has 216 valence electrons. The molecule has 0 unspecified atom stereocenters. The van der Waals surface area contributed by atoms with E-state index >= 15 is 0 Å². The molecule has 0 radical (unpaired) electrons. The Kier molecular flexibility index (Phi) is 8.12. The lowest BCUT2D eigenvalue weighted by atomic mass is 9.89. The van der Waals surface area contributed by atoms with Gasteiger partial charge in [0.05, 0.1) is 5.56 Å². The molecule has 5 aromatic carbocycles. The fraction of sp³-hybridized carbons (Fsp3) is 0.162. The van der Waals surface area contributed by atoms with E-state index in [2.05, 4.69) is 64.8 Å². The van der Waals surface area contributed by atoms with Crippen LogP contribution in [0.25, 0.3) is 11.1 Å². The predicted octanol–water partition coefficient (Wildman–Crippen LogP) is 8.81. The first-order valence-electron chi connectivity index (χ1n) is 14.4. The van der Waals surface area contributed by atoms with Gasteiger partial charge in [0.1, 0.15) is 0 Å². The smallest absolute Gasteiger partial charge is 0.322 e. The van der Waals surface area contributed by atoms with Crippen molar-refractivity contribution in [3.63, 3.8) is 0 Å². The molecule has 0 aromatic heterocycles. The fourth-order valence-electron chi connectivity index (χ4n) is 5.85. The second kappa shape index (κ2) is 12.3. The molecule has 1 heterocycles. The van der Waals surface area contributed by atoms with E-state index in [1.54, 1.807) is 24.3 Å². The van der Waals surface area contributed by atoms with Crippen LogP contribution in [-0.2, 0) is 19.1 Å². The third-order valence-corrected chi connectivity index (χ3v) is 8.10. The zero-order chi connectivity index (χ0) is 29.8. The molecule has 1 aliphatic heterocycles. The minimum Gasteiger partial charge on any atom is -0.322 e. The molecule has 0 bridgehead atoms. The van der Waals surface area contributed by atoms with Crippen LogP contribution in [0.15, 0.2) is 127 Å². The Hall–Kier alpha value is -4.68. The molecule has 0 atom stereocenters. The van der Waals surface area contributed by atoms with Crippen molar-refractivity contribution in [1.82, 2.24) is 4.90 Å². The zero-order valence-corrected chi connectivity index (χ0v) is 23.5. The summed E-state index contributed by atoms with van der Waals surface area (Å²) in [6, 6.07) is 39.1. The van der Waals surface area contributed by atoms with Crippen molar-refractivity contribution in [3.8, 4) is 11.1 Å². The van der Waals surface area contributed by atoms with Crippen molar-refractivity contribution in [2.45, 2.75) is 25.1 Å². The Morgan fingerprint density at radius 2 is 1.37 bits per heavy atom. The number of anilines is 1. The maximum atomic E-state index is 13.3. The monoisotopic (exact) mass is 576 g/mol. The minimum absolute atomic E-state index is 0.271. The van der Waals surface area contributed by atoms with Crippen molar-refractivity contribution in [2.24, 2.45) is 0 Å². The van der Waals surface area contributed by atoms with Crippen LogP contribution in [0.4, 0.5) is 18.9 Å². The van der Waals surface area contributed by atoms with E-state index in [4.69, 9.17) is 0 Å². The van der Waals surface area contributed by atoms with Gasteiger partial charge in [-0.25, -0.2) is 0 Å². The number of benzene rings is 5. The lowest BCUT2D eigenvalue weighted by Crippen LogP contribution is -2.34. The number of alkyl halides is 3. The van der Waals surface area contributed by atoms with Gasteiger partial charge < -0.3 is 5.32 Å². The number of nitrogens with zero attached hydrogens (tertiary/aromatic N) is 1. The summed E-state index contributed by atoms with van der Waals surface area (Å²) in [6.45, 7) is 2.65. The van der Waals surface area contributed by atoms with Gasteiger partial charge in [-0.05, 0) is 70.1 Å². The molecular weight excluding hydrogens is 545 g/mol. The van der Waals surface area contributed by atoms with Gasteiger partial charge in [0.25, 0.3) is 5.91 Å². The molecule has 3 nitrogen and oxygen atoms in total. The second-order valence-electron chi connectivity index (χ2n) is 10.9. The van der Waals surface area contributed by atoms with Gasteiger partial charge in [0.2, 0.25) is 0 Å². The summed E-state index contributed by atoms with van der Waals surface area (Å²) >= 11 is 0. The highest BCUT2D eigenvalue weighted by Gasteiger charge is 2.30. The molecule has 1 N–H and O–H groups in total. The van der Waals surface area contributed by atoms with E-state index in [1.165, 1.54) is 34.4 Å². The number of rotatable bonds is 7. The Labute approximate surface area is 249 Å². The highest BCUT2D eigenvalue weighted by Crippen LogP contribution is 2.33. The molecule has 6 rings (SSSR count). The standard InChI is InChI=1S/C37H31F3N2O/c38-37(39,40)31-18-15-28(16-19-31)33-13-7-8-14-34(33)36(43)41-32-20-17-30-24-42(22-21-29(30)23-32)25-35(26-9-3-1-4-10-26)27-11-5-2-6-12-27/h1-20,23,35H,21-22,24-25H2,(H,41,43). The predicted molar refractivity (Wildman–Crippen MR) is 165 cm³/mol. The zero-order valence-electron chi connectivity index (χ0n) is 23.5. The molecular formula is C37H31F3N2O. The Morgan fingerprint density at radius 3 is 2.02 bits per heavy atom. The fourth-order valence-corrected chi connectivity index (χ4v) is 5.85. The normalized spacial score (nSPS) is 13.5. The van der Waals surface area contributed by atoms with Gasteiger partial charge >= 0.3 is 6.18 Å². The van der Waals surface area contributed by atoms with Crippen molar-refractivity contribution in [1.29, 1.82) is 0 Å². The molecule has 0 fully saturated rings. The van der Waals surface area contributed by atoms with Crippen molar-refractivity contribution in [2.75, 3.05) is 18.4 Å². The van der Waals surface area contributed by atoms with Crippen LogP contribution in [0, 0.1) is 0 Å². The number of fused-ring (bicyclic) bond motifs is 1. The third-order valence-electron chi connectivity index (χ3n) is 8.10. The maximum Gasteiger partial charge on any atom is 0.416 e. The van der Waals surface area contributed by atoms with Gasteiger partial charge in [0.15, 0.2) is 0 Å². The number of carbonyl (C=O) groups excluding carboxylic acids is 1. The lowest BCUT2D eigenvalue weighted by Gasteiger charge is -2.32. The van der Waals surface area contributed by atoms with Crippen LogP contribution in [0.2, 0.25) is 0 Å². The molecule has 0 spiro atoms. The number of carbonyl (C=O) groups is 1. The Morgan fingerprint density at radius 1 is 0.744 bits per heavy atom. The van der Waals surface area contributed by atoms with Crippen molar-refractivity contribution < 1.29 is 18.0 Å². The van der Waals surface area contributed by atoms with Crippen molar-refractivity contribution in [3.05, 3.63) is 161 Å². The van der Waals surface area contributed by atoms with Gasteiger partial charge in [0, 0.05) is 36.8 Å². The number of halogens is 3. The average molecular weight is 577 g/mol. The van der Waals surface area contributed by atoms with Crippen LogP contribution in [-0.4, -0.2) is 23.9 Å².